The summed E-state index contributed by atoms with van der Waals surface area (Å²) < 4.78 is 120. The summed E-state index contributed by atoms with van der Waals surface area (Å²) in [6.07, 6.45) is 0. The molecule has 0 spiro atoms. The van der Waals surface area contributed by atoms with Crippen molar-refractivity contribution in [2.75, 3.05) is 0 Å². The van der Waals surface area contributed by atoms with Crippen LogP contribution in [0.1, 0.15) is 0 Å². The third-order valence-electron chi connectivity index (χ3n) is 0.394. The van der Waals surface area contributed by atoms with Gasteiger partial charge in [0.1, 0.15) is 0 Å². The number of rotatable bonds is 6. The monoisotopic (exact) mass is 481 g/mol. The molecule has 0 aliphatic heterocycles. The van der Waals surface area contributed by atoms with Gasteiger partial charge in [-0.25, -0.2) is 16.8 Å². The summed E-state index contributed by atoms with van der Waals surface area (Å²) in [5, 5.41) is 0. The van der Waals surface area contributed by atoms with Crippen LogP contribution in [0.4, 0.5) is 0 Å². The summed E-state index contributed by atoms with van der Waals surface area (Å²) in [6.45, 7) is 0. The van der Waals surface area contributed by atoms with Crippen LogP contribution in [-0.4, -0.2) is 51.9 Å². The molecule has 23 heteroatoms. The van der Waals surface area contributed by atoms with E-state index in [9.17, 15) is 42.8 Å². The summed E-state index contributed by atoms with van der Waals surface area (Å²) in [5.41, 5.74) is 0. The van der Waals surface area contributed by atoms with Gasteiger partial charge in [-0.3, -0.25) is 9.11 Å². The topological polar surface area (TPSA) is 295 Å². The van der Waals surface area contributed by atoms with Crippen molar-refractivity contribution in [3.63, 3.8) is 0 Å². The minimum Gasteiger partial charge on any atom is -0.724 e. The minimum absolute atomic E-state index is 0. The first-order valence-electron chi connectivity index (χ1n) is 3.03. The molecule has 5 N–H and O–H groups in total. The van der Waals surface area contributed by atoms with Crippen molar-refractivity contribution in [3.8, 4) is 0 Å². The van der Waals surface area contributed by atoms with Crippen LogP contribution in [0.5, 0.6) is 0 Å². The van der Waals surface area contributed by atoms with Crippen LogP contribution in [-0.2, 0) is 58.9 Å². The molecule has 0 unspecified atom stereocenters. The molecule has 0 fully saturated rings. The van der Waals surface area contributed by atoms with Gasteiger partial charge in [-0.05, 0) is 0 Å². The van der Waals surface area contributed by atoms with Gasteiger partial charge in [-0.15, -0.1) is 8.67 Å². The predicted octanol–water partition coefficient (Wildman–Crippen LogP) is -9.43. The first-order valence-corrected chi connectivity index (χ1v) is 8.43. The zero-order valence-electron chi connectivity index (χ0n) is 11.0. The molecular weight excluding hydrogens is 476 g/mol. The maximum atomic E-state index is 9.51. The quantitative estimate of drug-likeness (QED) is 0.104. The average molecular weight is 481 g/mol. The van der Waals surface area contributed by atoms with Crippen LogP contribution in [0.3, 0.4) is 0 Å². The van der Waals surface area contributed by atoms with Crippen molar-refractivity contribution in [3.05, 3.63) is 0 Å². The van der Waals surface area contributed by atoms with E-state index < -0.39 is 41.6 Å². The van der Waals surface area contributed by atoms with E-state index in [1.807, 2.05) is 0 Å². The maximum Gasteiger partial charge on any atom is 1.00 e. The first-order chi connectivity index (χ1) is 8.41. The second-order valence-electron chi connectivity index (χ2n) is 1.94. The van der Waals surface area contributed by atoms with E-state index in [0.29, 0.717) is 0 Å². The molecule has 0 saturated carbocycles. The Kier molecular flexibility index (Phi) is 23.4. The fraction of sp³-hybridized carbons (Fsp3) is 0. The Morgan fingerprint density at radius 1 is 0.565 bits per heavy atom. The molecule has 0 radical (unpaired) electrons. The molecule has 0 atom stereocenters. The second kappa shape index (κ2) is 14.7. The maximum absolute atomic E-state index is 9.51. The molecule has 0 rings (SSSR count). The Hall–Kier alpha value is 2.71. The zero-order valence-corrected chi connectivity index (χ0v) is 20.5. The van der Waals surface area contributed by atoms with Gasteiger partial charge >= 0.3 is 124 Å². The SMILES string of the molecule is N.O=S(=O)(O)OOS(=O)(=O)O.O=S(=O)([O-])OOS(=O)(=O)[O-].[K+].[K+]. The molecule has 0 bridgehead atoms. The van der Waals surface area contributed by atoms with Gasteiger partial charge in [0.2, 0.25) is 20.8 Å². The van der Waals surface area contributed by atoms with E-state index in [1.54, 1.807) is 0 Å². The van der Waals surface area contributed by atoms with Gasteiger partial charge < -0.3 is 15.3 Å². The molecule has 0 saturated heterocycles. The van der Waals surface area contributed by atoms with E-state index in [0.717, 1.165) is 0 Å². The molecule has 132 valence electrons. The van der Waals surface area contributed by atoms with E-state index in [1.165, 1.54) is 0 Å². The van der Waals surface area contributed by atoms with Gasteiger partial charge in [0.25, 0.3) is 0 Å². The Balaban J connectivity index is -0.0000000831. The first kappa shape index (κ1) is 36.6. The molecule has 0 aromatic heterocycles. The summed E-state index contributed by atoms with van der Waals surface area (Å²) >= 11 is 0. The van der Waals surface area contributed by atoms with Crippen molar-refractivity contribution in [2.24, 2.45) is 0 Å². The standard InChI is InChI=1S/2K.H3N.2H2O8S2/c;;;2*1-9(2,3)7-8-10(4,5)6/h;;1H3;2*(H,1,2,3)(H,4,5,6)/q2*+1;;;/p-2. The Morgan fingerprint density at radius 2 is 0.739 bits per heavy atom. The molecule has 0 aromatic carbocycles. The zero-order chi connectivity index (χ0) is 16.8. The van der Waals surface area contributed by atoms with Crippen LogP contribution in [0, 0.1) is 0 Å². The summed E-state index contributed by atoms with van der Waals surface area (Å²) in [7, 11) is -20.7. The van der Waals surface area contributed by atoms with Crippen molar-refractivity contribution in [1.82, 2.24) is 6.15 Å². The summed E-state index contributed by atoms with van der Waals surface area (Å²) in [6, 6.07) is 0. The second-order valence-corrected chi connectivity index (χ2v) is 5.83. The third kappa shape index (κ3) is 45.6. The fourth-order valence-corrected chi connectivity index (χ4v) is 1.24. The number of hydrogen-bond donors (Lipinski definition) is 3. The smallest absolute Gasteiger partial charge is 0.724 e. The van der Waals surface area contributed by atoms with E-state index in [2.05, 4.69) is 17.3 Å². The summed E-state index contributed by atoms with van der Waals surface area (Å²) in [4.78, 5) is 0. The Morgan fingerprint density at radius 3 is 0.826 bits per heavy atom. The van der Waals surface area contributed by atoms with Gasteiger partial charge in [-0.2, -0.15) is 16.8 Å². The minimum atomic E-state index is -5.31. The van der Waals surface area contributed by atoms with Gasteiger partial charge in [0.05, 0.1) is 0 Å². The molecule has 23 heavy (non-hydrogen) atoms. The number of hydrogen-bond acceptors (Lipinski definition) is 15. The molecule has 0 heterocycles. The van der Waals surface area contributed by atoms with E-state index in [4.69, 9.17) is 9.11 Å². The van der Waals surface area contributed by atoms with Crippen molar-refractivity contribution in [1.29, 1.82) is 0 Å². The van der Waals surface area contributed by atoms with Crippen molar-refractivity contribution >= 4 is 41.6 Å². The van der Waals surface area contributed by atoms with Crippen LogP contribution >= 0.6 is 0 Å². The predicted molar refractivity (Wildman–Crippen MR) is 51.9 cm³/mol. The van der Waals surface area contributed by atoms with E-state index in [-0.39, 0.29) is 109 Å². The van der Waals surface area contributed by atoms with Crippen LogP contribution in [0.25, 0.3) is 0 Å². The van der Waals surface area contributed by atoms with E-state index >= 15 is 0 Å². The Bertz CT molecular complexity index is 566. The van der Waals surface area contributed by atoms with Crippen LogP contribution in [0.2, 0.25) is 0 Å². The molecular formula is H5K2NO16S4. The molecule has 0 aliphatic carbocycles. The van der Waals surface area contributed by atoms with Gasteiger partial charge in [0.15, 0.2) is 0 Å². The van der Waals surface area contributed by atoms with Crippen molar-refractivity contribution in [2.45, 2.75) is 0 Å². The normalized spacial score (nSPS) is 11.7. The third-order valence-corrected chi connectivity index (χ3v) is 1.52. The molecule has 0 aromatic rings. The molecule has 0 amide bonds. The van der Waals surface area contributed by atoms with Gasteiger partial charge in [0, 0.05) is 0 Å². The average Bonchev–Trinajstić information content (AvgIpc) is 2.09. The molecule has 0 aliphatic rings. The van der Waals surface area contributed by atoms with Crippen LogP contribution < -0.4 is 109 Å². The Labute approximate surface area is 215 Å². The van der Waals surface area contributed by atoms with Gasteiger partial charge in [-0.1, -0.05) is 8.67 Å². The van der Waals surface area contributed by atoms with Crippen molar-refractivity contribution < 1.29 is 172 Å². The summed E-state index contributed by atoms with van der Waals surface area (Å²) in [5.74, 6) is 0. The molecule has 17 nitrogen and oxygen atoms in total. The largest absolute Gasteiger partial charge is 1.00 e. The fourth-order valence-electron chi connectivity index (χ4n) is 0.138. The van der Waals surface area contributed by atoms with Crippen LogP contribution in [0.15, 0.2) is 0 Å².